The molecule has 9 heteroatoms. The highest BCUT2D eigenvalue weighted by Gasteiger charge is 2.22. The molecule has 0 amide bonds. The van der Waals surface area contributed by atoms with Crippen LogP contribution < -0.4 is 11.2 Å². The Kier molecular flexibility index (Phi) is 3.32. The van der Waals surface area contributed by atoms with Crippen molar-refractivity contribution >= 4 is 17.1 Å². The van der Waals surface area contributed by atoms with E-state index in [-0.39, 0.29) is 11.2 Å². The first-order valence-corrected chi connectivity index (χ1v) is 6.93. The van der Waals surface area contributed by atoms with Crippen LogP contribution in [-0.2, 0) is 6.54 Å². The summed E-state index contributed by atoms with van der Waals surface area (Å²) in [7, 11) is 0. The summed E-state index contributed by atoms with van der Waals surface area (Å²) >= 11 is 0. The summed E-state index contributed by atoms with van der Waals surface area (Å²) in [5, 5.41) is 10.7. The van der Waals surface area contributed by atoms with Crippen LogP contribution in [0, 0.1) is 16.0 Å². The van der Waals surface area contributed by atoms with Gasteiger partial charge in [0.25, 0.3) is 11.2 Å². The number of fused-ring (bicyclic) bond motifs is 1. The van der Waals surface area contributed by atoms with Crippen LogP contribution in [0.25, 0.3) is 11.2 Å². The molecular weight excluding hydrogens is 278 g/mol. The fraction of sp³-hybridized carbons (Fsp3) is 0.583. The highest BCUT2D eigenvalue weighted by atomic mass is 16.6. The van der Waals surface area contributed by atoms with E-state index in [1.807, 2.05) is 0 Å². The van der Waals surface area contributed by atoms with Crippen molar-refractivity contribution in [2.45, 2.75) is 38.6 Å². The number of nitro groups is 1. The number of hydrogen-bond donors (Lipinski definition) is 2. The van der Waals surface area contributed by atoms with Crippen molar-refractivity contribution in [3.63, 3.8) is 0 Å². The first-order chi connectivity index (χ1) is 10.1. The van der Waals surface area contributed by atoms with E-state index in [0.717, 1.165) is 30.3 Å². The molecule has 0 aliphatic heterocycles. The molecule has 0 radical (unpaired) electrons. The number of imidazole rings is 1. The average Bonchev–Trinajstić information content (AvgIpc) is 2.89. The second-order valence-corrected chi connectivity index (χ2v) is 5.39. The van der Waals surface area contributed by atoms with E-state index in [4.69, 9.17) is 0 Å². The van der Waals surface area contributed by atoms with Crippen molar-refractivity contribution in [2.75, 3.05) is 0 Å². The Bertz CT molecular complexity index is 796. The van der Waals surface area contributed by atoms with Gasteiger partial charge in [-0.1, -0.05) is 19.3 Å². The highest BCUT2D eigenvalue weighted by Crippen LogP contribution is 2.24. The predicted octanol–water partition coefficient (Wildman–Crippen LogP) is 0.901. The molecule has 21 heavy (non-hydrogen) atoms. The number of nitrogens with one attached hydrogen (secondary N) is 2. The lowest BCUT2D eigenvalue weighted by Gasteiger charge is -2.21. The van der Waals surface area contributed by atoms with E-state index in [1.54, 1.807) is 0 Å². The molecule has 1 fully saturated rings. The van der Waals surface area contributed by atoms with Crippen molar-refractivity contribution < 1.29 is 4.92 Å². The second-order valence-electron chi connectivity index (χ2n) is 5.39. The van der Waals surface area contributed by atoms with Crippen molar-refractivity contribution in [1.82, 2.24) is 19.5 Å². The summed E-state index contributed by atoms with van der Waals surface area (Å²) in [6.45, 7) is 0.344. The largest absolute Gasteiger partial charge is 0.435 e. The fourth-order valence-corrected chi connectivity index (χ4v) is 2.88. The van der Waals surface area contributed by atoms with Gasteiger partial charge in [-0.2, -0.15) is 0 Å². The van der Waals surface area contributed by atoms with Crippen LogP contribution in [0.3, 0.4) is 0 Å². The summed E-state index contributed by atoms with van der Waals surface area (Å²) in [5.74, 6) is -0.249. The molecule has 9 nitrogen and oxygen atoms in total. The summed E-state index contributed by atoms with van der Waals surface area (Å²) in [6.07, 6.45) is 5.39. The fourth-order valence-electron chi connectivity index (χ4n) is 2.88. The Hall–Kier alpha value is -2.45. The quantitative estimate of drug-likeness (QED) is 0.642. The maximum atomic E-state index is 12.3. The molecule has 0 aromatic carbocycles. The van der Waals surface area contributed by atoms with E-state index in [9.17, 15) is 19.7 Å². The molecule has 1 aliphatic rings. The zero-order valence-electron chi connectivity index (χ0n) is 11.3. The zero-order valence-corrected chi connectivity index (χ0v) is 11.3. The standard InChI is InChI=1S/C12H15N5O4/c18-10-8-9(14-11(13-8)17(20)21)15-12(19)16(10)6-7-4-2-1-3-5-7/h7H,1-6H2,(H,13,14)(H,15,19). The first-order valence-electron chi connectivity index (χ1n) is 6.93. The van der Waals surface area contributed by atoms with E-state index in [0.29, 0.717) is 12.5 Å². The number of nitrogens with zero attached hydrogens (tertiary/aromatic N) is 3. The Labute approximate surface area is 118 Å². The Balaban J connectivity index is 2.04. The van der Waals surface area contributed by atoms with Gasteiger partial charge >= 0.3 is 11.6 Å². The highest BCUT2D eigenvalue weighted by molar-refractivity contribution is 5.70. The van der Waals surface area contributed by atoms with E-state index < -0.39 is 22.1 Å². The maximum absolute atomic E-state index is 12.3. The van der Waals surface area contributed by atoms with Crippen LogP contribution in [0.1, 0.15) is 32.1 Å². The molecule has 0 bridgehead atoms. The molecule has 3 rings (SSSR count). The SMILES string of the molecule is O=c1[nH]c2nc([N+](=O)[O-])[nH]c2c(=O)n1CC1CCCCC1. The molecule has 2 heterocycles. The van der Waals surface area contributed by atoms with Crippen molar-refractivity contribution in [3.05, 3.63) is 31.0 Å². The van der Waals surface area contributed by atoms with Crippen LogP contribution in [0.4, 0.5) is 5.95 Å². The number of rotatable bonds is 3. The van der Waals surface area contributed by atoms with Crippen LogP contribution in [0.2, 0.25) is 0 Å². The van der Waals surface area contributed by atoms with Crippen LogP contribution in [0.5, 0.6) is 0 Å². The lowest BCUT2D eigenvalue weighted by atomic mass is 9.89. The van der Waals surface area contributed by atoms with Gasteiger partial charge in [-0.05, 0) is 28.7 Å². The molecule has 112 valence electrons. The van der Waals surface area contributed by atoms with Gasteiger partial charge in [-0.15, -0.1) is 0 Å². The number of hydrogen-bond acceptors (Lipinski definition) is 5. The van der Waals surface area contributed by atoms with Crippen molar-refractivity contribution in [2.24, 2.45) is 5.92 Å². The minimum Gasteiger partial charge on any atom is -0.390 e. The number of H-pyrrole nitrogens is 2. The van der Waals surface area contributed by atoms with Gasteiger partial charge in [0.05, 0.1) is 0 Å². The number of aromatic nitrogens is 4. The lowest BCUT2D eigenvalue weighted by molar-refractivity contribution is -0.393. The summed E-state index contributed by atoms with van der Waals surface area (Å²) in [5.41, 5.74) is -1.23. The monoisotopic (exact) mass is 293 g/mol. The Morgan fingerprint density at radius 3 is 2.62 bits per heavy atom. The third-order valence-electron chi connectivity index (χ3n) is 3.96. The lowest BCUT2D eigenvalue weighted by Crippen LogP contribution is -2.37. The topological polar surface area (TPSA) is 127 Å². The van der Waals surface area contributed by atoms with Crippen LogP contribution >= 0.6 is 0 Å². The molecule has 0 unspecified atom stereocenters. The minimum atomic E-state index is -0.733. The molecule has 1 saturated carbocycles. The summed E-state index contributed by atoms with van der Waals surface area (Å²) in [6, 6.07) is 0. The van der Waals surface area contributed by atoms with Gasteiger partial charge in [-0.3, -0.25) is 14.3 Å². The molecule has 0 atom stereocenters. The van der Waals surface area contributed by atoms with Crippen molar-refractivity contribution in [1.29, 1.82) is 0 Å². The van der Waals surface area contributed by atoms with E-state index in [2.05, 4.69) is 15.0 Å². The zero-order chi connectivity index (χ0) is 15.0. The average molecular weight is 293 g/mol. The molecule has 0 saturated heterocycles. The maximum Gasteiger partial charge on any atom is 0.435 e. The molecule has 2 aromatic heterocycles. The molecule has 1 aliphatic carbocycles. The smallest absolute Gasteiger partial charge is 0.390 e. The van der Waals surface area contributed by atoms with Gasteiger partial charge in [0.15, 0.2) is 0 Å². The Morgan fingerprint density at radius 2 is 1.95 bits per heavy atom. The van der Waals surface area contributed by atoms with E-state index in [1.165, 1.54) is 6.42 Å². The van der Waals surface area contributed by atoms with Gasteiger partial charge in [0.1, 0.15) is 0 Å². The van der Waals surface area contributed by atoms with Gasteiger partial charge in [0.2, 0.25) is 5.52 Å². The number of aromatic amines is 2. The van der Waals surface area contributed by atoms with Gasteiger partial charge < -0.3 is 10.1 Å². The minimum absolute atomic E-state index is 0.0305. The molecule has 2 aromatic rings. The predicted molar refractivity (Wildman–Crippen MR) is 74.2 cm³/mol. The second kappa shape index (κ2) is 5.15. The molecule has 2 N–H and O–H groups in total. The normalized spacial score (nSPS) is 16.4. The van der Waals surface area contributed by atoms with E-state index >= 15 is 0 Å². The van der Waals surface area contributed by atoms with Crippen molar-refractivity contribution in [3.8, 4) is 0 Å². The molecular formula is C12H15N5O4. The third kappa shape index (κ3) is 2.46. The summed E-state index contributed by atoms with van der Waals surface area (Å²) < 4.78 is 1.11. The third-order valence-corrected chi connectivity index (χ3v) is 3.96. The molecule has 0 spiro atoms. The Morgan fingerprint density at radius 1 is 1.24 bits per heavy atom. The van der Waals surface area contributed by atoms with Gasteiger partial charge in [-0.25, -0.2) is 9.78 Å². The summed E-state index contributed by atoms with van der Waals surface area (Å²) in [4.78, 5) is 42.6. The van der Waals surface area contributed by atoms with Crippen LogP contribution in [0.15, 0.2) is 9.59 Å². The first kappa shape index (κ1) is 13.5. The van der Waals surface area contributed by atoms with Crippen LogP contribution in [-0.4, -0.2) is 24.4 Å². The van der Waals surface area contributed by atoms with Gasteiger partial charge in [0, 0.05) is 6.54 Å².